The van der Waals surface area contributed by atoms with Crippen LogP contribution < -0.4 is 5.56 Å². The molecule has 3 heterocycles. The van der Waals surface area contributed by atoms with Gasteiger partial charge >= 0.3 is 6.18 Å². The zero-order valence-electron chi connectivity index (χ0n) is 11.3. The summed E-state index contributed by atoms with van der Waals surface area (Å²) in [6.07, 6.45) is -1.45. The zero-order chi connectivity index (χ0) is 16.6. The van der Waals surface area contributed by atoms with Gasteiger partial charge in [-0.3, -0.25) is 9.89 Å². The second-order valence-electron chi connectivity index (χ2n) is 4.53. The van der Waals surface area contributed by atoms with E-state index in [1.54, 1.807) is 6.07 Å². The first-order valence-electron chi connectivity index (χ1n) is 6.26. The number of alkyl halides is 3. The van der Waals surface area contributed by atoms with Crippen LogP contribution >= 0.6 is 0 Å². The van der Waals surface area contributed by atoms with Gasteiger partial charge in [-0.15, -0.1) is 5.10 Å². The molecule has 3 rings (SSSR count). The highest BCUT2D eigenvalue weighted by atomic mass is 19.4. The highest BCUT2D eigenvalue weighted by Crippen LogP contribution is 2.27. The molecule has 0 unspecified atom stereocenters. The van der Waals surface area contributed by atoms with E-state index in [0.717, 1.165) is 9.36 Å². The van der Waals surface area contributed by atoms with Gasteiger partial charge in [0.05, 0.1) is 19.0 Å². The summed E-state index contributed by atoms with van der Waals surface area (Å²) in [6, 6.07) is 3.04. The third-order valence-corrected chi connectivity index (χ3v) is 3.00. The Kier molecular flexibility index (Phi) is 3.48. The zero-order valence-corrected chi connectivity index (χ0v) is 11.3. The van der Waals surface area contributed by atoms with E-state index >= 15 is 0 Å². The topological polar surface area (TPSA) is 102 Å². The predicted octanol–water partition coefficient (Wildman–Crippen LogP) is 0.652. The lowest BCUT2D eigenvalue weighted by Gasteiger charge is -2.01. The molecule has 0 radical (unpaired) electrons. The van der Waals surface area contributed by atoms with Gasteiger partial charge in [0, 0.05) is 6.20 Å². The summed E-state index contributed by atoms with van der Waals surface area (Å²) >= 11 is 0. The third kappa shape index (κ3) is 2.73. The van der Waals surface area contributed by atoms with Crippen molar-refractivity contribution in [2.45, 2.75) is 12.8 Å². The molecule has 23 heavy (non-hydrogen) atoms. The molecular weight excluding hydrogens is 317 g/mol. The van der Waals surface area contributed by atoms with Crippen molar-refractivity contribution in [2.24, 2.45) is 0 Å². The number of halogens is 3. The Morgan fingerprint density at radius 2 is 2.09 bits per heavy atom. The van der Waals surface area contributed by atoms with Crippen molar-refractivity contribution in [3.05, 3.63) is 52.3 Å². The number of hydrogen-bond acceptors (Lipinski definition) is 5. The van der Waals surface area contributed by atoms with Crippen LogP contribution in [0.5, 0.6) is 0 Å². The van der Waals surface area contributed by atoms with Gasteiger partial charge in [-0.05, 0) is 11.6 Å². The van der Waals surface area contributed by atoms with Gasteiger partial charge in [0.1, 0.15) is 0 Å². The van der Waals surface area contributed by atoms with E-state index in [4.69, 9.17) is 5.11 Å². The minimum atomic E-state index is -4.64. The molecule has 3 aromatic rings. The minimum absolute atomic E-state index is 0.138. The third-order valence-electron chi connectivity index (χ3n) is 3.00. The SMILES string of the molecule is O=c1c(-n2cc(C(F)(F)F)nn2)c[nH]n1-c1ccc(CO)cn1. The number of nitrogens with zero attached hydrogens (tertiary/aromatic N) is 5. The Morgan fingerprint density at radius 1 is 1.30 bits per heavy atom. The first-order valence-corrected chi connectivity index (χ1v) is 6.26. The Balaban J connectivity index is 1.99. The van der Waals surface area contributed by atoms with Gasteiger partial charge in [0.2, 0.25) is 0 Å². The highest BCUT2D eigenvalue weighted by Gasteiger charge is 2.34. The quantitative estimate of drug-likeness (QED) is 0.736. The standard InChI is InChI=1S/C12H9F3N6O2/c13-12(14,15)9-5-20(19-18-9)8-4-17-21(11(8)23)10-2-1-7(6-22)3-16-10/h1-5,17,22H,6H2. The van der Waals surface area contributed by atoms with E-state index in [9.17, 15) is 18.0 Å². The Morgan fingerprint density at radius 3 is 2.65 bits per heavy atom. The molecule has 0 aliphatic carbocycles. The first kappa shape index (κ1) is 15.0. The molecule has 0 fully saturated rings. The molecule has 0 aliphatic heterocycles. The van der Waals surface area contributed by atoms with Crippen molar-refractivity contribution in [2.75, 3.05) is 0 Å². The van der Waals surface area contributed by atoms with Crippen molar-refractivity contribution in [1.82, 2.24) is 29.8 Å². The van der Waals surface area contributed by atoms with E-state index in [0.29, 0.717) is 11.8 Å². The monoisotopic (exact) mass is 326 g/mol. The van der Waals surface area contributed by atoms with Crippen LogP contribution in [0.15, 0.2) is 35.5 Å². The fourth-order valence-electron chi connectivity index (χ4n) is 1.85. The number of aromatic nitrogens is 6. The molecule has 8 nitrogen and oxygen atoms in total. The van der Waals surface area contributed by atoms with E-state index < -0.39 is 17.4 Å². The van der Waals surface area contributed by atoms with Gasteiger partial charge in [-0.2, -0.15) is 17.9 Å². The summed E-state index contributed by atoms with van der Waals surface area (Å²) in [5.41, 5.74) is -1.43. The number of rotatable bonds is 3. The molecule has 0 bridgehead atoms. The van der Waals surface area contributed by atoms with Crippen LogP contribution in [0.1, 0.15) is 11.3 Å². The van der Waals surface area contributed by atoms with E-state index in [1.807, 2.05) is 0 Å². The van der Waals surface area contributed by atoms with Crippen LogP contribution in [0.3, 0.4) is 0 Å². The van der Waals surface area contributed by atoms with Crippen molar-refractivity contribution in [3.63, 3.8) is 0 Å². The number of aliphatic hydroxyl groups excluding tert-OH is 1. The maximum absolute atomic E-state index is 12.5. The number of aliphatic hydroxyl groups is 1. The largest absolute Gasteiger partial charge is 0.436 e. The number of hydrogen-bond donors (Lipinski definition) is 2. The average molecular weight is 326 g/mol. The number of H-pyrrole nitrogens is 1. The lowest BCUT2D eigenvalue weighted by Crippen LogP contribution is -2.19. The van der Waals surface area contributed by atoms with Crippen LogP contribution in [0.25, 0.3) is 11.5 Å². The summed E-state index contributed by atoms with van der Waals surface area (Å²) < 4.78 is 39.3. The predicted molar refractivity (Wildman–Crippen MR) is 70.0 cm³/mol. The number of nitrogens with one attached hydrogen (secondary N) is 1. The van der Waals surface area contributed by atoms with Gasteiger partial charge in [0.15, 0.2) is 17.2 Å². The van der Waals surface area contributed by atoms with Crippen LogP contribution in [-0.2, 0) is 12.8 Å². The lowest BCUT2D eigenvalue weighted by molar-refractivity contribution is -0.141. The maximum Gasteiger partial charge on any atom is 0.436 e. The molecule has 0 saturated heterocycles. The molecule has 0 aromatic carbocycles. The van der Waals surface area contributed by atoms with Crippen LogP contribution in [0.2, 0.25) is 0 Å². The number of aromatic amines is 1. The molecule has 0 amide bonds. The van der Waals surface area contributed by atoms with Gasteiger partial charge < -0.3 is 5.11 Å². The van der Waals surface area contributed by atoms with Crippen LogP contribution in [0, 0.1) is 0 Å². The fraction of sp³-hybridized carbons (Fsp3) is 0.167. The normalized spacial score (nSPS) is 11.8. The van der Waals surface area contributed by atoms with Crippen LogP contribution in [0.4, 0.5) is 13.2 Å². The minimum Gasteiger partial charge on any atom is -0.392 e. The van der Waals surface area contributed by atoms with Crippen LogP contribution in [-0.4, -0.2) is 34.9 Å². The summed E-state index contributed by atoms with van der Waals surface area (Å²) in [7, 11) is 0. The molecule has 11 heteroatoms. The summed E-state index contributed by atoms with van der Waals surface area (Å²) in [5, 5.41) is 17.8. The smallest absolute Gasteiger partial charge is 0.392 e. The van der Waals surface area contributed by atoms with E-state index in [-0.39, 0.29) is 18.1 Å². The molecule has 0 saturated carbocycles. The first-order chi connectivity index (χ1) is 10.9. The summed E-state index contributed by atoms with van der Waals surface area (Å²) in [4.78, 5) is 16.2. The Hall–Kier alpha value is -2.95. The second-order valence-corrected chi connectivity index (χ2v) is 4.53. The summed E-state index contributed by atoms with van der Waals surface area (Å²) in [5.74, 6) is 0.217. The van der Waals surface area contributed by atoms with E-state index in [1.165, 1.54) is 18.5 Å². The van der Waals surface area contributed by atoms with Crippen molar-refractivity contribution in [1.29, 1.82) is 0 Å². The van der Waals surface area contributed by atoms with Crippen molar-refractivity contribution < 1.29 is 18.3 Å². The molecule has 2 N–H and O–H groups in total. The van der Waals surface area contributed by atoms with Crippen molar-refractivity contribution in [3.8, 4) is 11.5 Å². The molecule has 0 aliphatic rings. The molecule has 3 aromatic heterocycles. The number of pyridine rings is 1. The lowest BCUT2D eigenvalue weighted by atomic mass is 10.3. The maximum atomic E-state index is 12.5. The Labute approximate surface area is 125 Å². The summed E-state index contributed by atoms with van der Waals surface area (Å²) in [6.45, 7) is -0.197. The molecule has 0 atom stereocenters. The highest BCUT2D eigenvalue weighted by molar-refractivity contribution is 5.31. The molecule has 120 valence electrons. The fourth-order valence-corrected chi connectivity index (χ4v) is 1.85. The second kappa shape index (κ2) is 5.35. The van der Waals surface area contributed by atoms with Gasteiger partial charge in [-0.1, -0.05) is 11.3 Å². The Bertz CT molecular complexity index is 877. The van der Waals surface area contributed by atoms with E-state index in [2.05, 4.69) is 20.4 Å². The van der Waals surface area contributed by atoms with Gasteiger partial charge in [0.25, 0.3) is 5.56 Å². The molecular formula is C12H9F3N6O2. The van der Waals surface area contributed by atoms with Crippen molar-refractivity contribution >= 4 is 0 Å². The van der Waals surface area contributed by atoms with Gasteiger partial charge in [-0.25, -0.2) is 9.67 Å². The molecule has 0 spiro atoms. The average Bonchev–Trinajstić information content (AvgIpc) is 3.13.